The Hall–Kier alpha value is -3.64. The van der Waals surface area contributed by atoms with E-state index in [2.05, 4.69) is 4.99 Å². The number of fused-ring (bicyclic) bond motifs is 1. The number of amides is 1. The Morgan fingerprint density at radius 1 is 1.03 bits per heavy atom. The van der Waals surface area contributed by atoms with Gasteiger partial charge in [-0.1, -0.05) is 72.4 Å². The number of nitrogens with zero attached hydrogens (tertiary/aromatic N) is 1. The summed E-state index contributed by atoms with van der Waals surface area (Å²) < 4.78 is 5.12. The van der Waals surface area contributed by atoms with Crippen molar-refractivity contribution in [3.05, 3.63) is 99.7 Å². The minimum absolute atomic E-state index is 0.0923. The number of aryl methyl sites for hydroxylation is 1. The van der Waals surface area contributed by atoms with Gasteiger partial charge in [-0.3, -0.25) is 4.79 Å². The molecule has 1 aliphatic rings. The van der Waals surface area contributed by atoms with Crippen LogP contribution in [0.5, 0.6) is 0 Å². The first-order valence-corrected chi connectivity index (χ1v) is 11.0. The number of aliphatic hydroxyl groups excluding tert-OH is 1. The first-order valence-electron chi connectivity index (χ1n) is 10.2. The van der Waals surface area contributed by atoms with Crippen LogP contribution in [0, 0.1) is 6.92 Å². The summed E-state index contributed by atoms with van der Waals surface area (Å²) in [6.45, 7) is 3.64. The second-order valence-electron chi connectivity index (χ2n) is 7.16. The second kappa shape index (κ2) is 9.24. The zero-order valence-electron chi connectivity index (χ0n) is 17.7. The highest BCUT2D eigenvalue weighted by Gasteiger charge is 2.34. The average molecular weight is 444 g/mol. The number of aliphatic hydroxyl groups is 1. The van der Waals surface area contributed by atoms with Gasteiger partial charge in [-0.25, -0.2) is 9.79 Å². The highest BCUT2D eigenvalue weighted by molar-refractivity contribution is 8.18. The van der Waals surface area contributed by atoms with Crippen molar-refractivity contribution in [3.8, 4) is 0 Å². The van der Waals surface area contributed by atoms with Gasteiger partial charge in [0.05, 0.1) is 11.5 Å². The van der Waals surface area contributed by atoms with Crippen LogP contribution >= 0.6 is 11.8 Å². The predicted octanol–water partition coefficient (Wildman–Crippen LogP) is 5.85. The molecule has 0 radical (unpaired) electrons. The summed E-state index contributed by atoms with van der Waals surface area (Å²) in [7, 11) is 0. The third-order valence-electron chi connectivity index (χ3n) is 5.06. The molecule has 6 heteroatoms. The van der Waals surface area contributed by atoms with Gasteiger partial charge in [0.15, 0.2) is 0 Å². The van der Waals surface area contributed by atoms with E-state index in [1.165, 1.54) is 0 Å². The Kier molecular flexibility index (Phi) is 6.23. The zero-order valence-corrected chi connectivity index (χ0v) is 18.5. The maximum absolute atomic E-state index is 12.8. The molecule has 1 amide bonds. The molecule has 1 N–H and O–H groups in total. The maximum atomic E-state index is 12.8. The summed E-state index contributed by atoms with van der Waals surface area (Å²) in [6, 6.07) is 20.9. The molecule has 160 valence electrons. The van der Waals surface area contributed by atoms with Crippen molar-refractivity contribution in [1.82, 2.24) is 0 Å². The number of ether oxygens (including phenoxy) is 1. The molecule has 1 heterocycles. The van der Waals surface area contributed by atoms with Gasteiger partial charge >= 0.3 is 5.97 Å². The monoisotopic (exact) mass is 443 g/mol. The number of esters is 1. The van der Waals surface area contributed by atoms with Crippen LogP contribution in [-0.2, 0) is 9.53 Å². The lowest BCUT2D eigenvalue weighted by Crippen LogP contribution is -2.14. The van der Waals surface area contributed by atoms with E-state index in [0.29, 0.717) is 10.5 Å². The Balaban J connectivity index is 1.79. The van der Waals surface area contributed by atoms with Crippen molar-refractivity contribution >= 4 is 45.5 Å². The standard InChI is InChI=1S/C26H21NO4S/c1-3-31-26(30)22-23(28)21(15-18-12-8-11-17-10-5-7-14-20(17)18)32-25(22)27-24(29)19-13-6-4-9-16(19)2/h4-15,28H,3H2,1-2H3. The summed E-state index contributed by atoms with van der Waals surface area (Å²) in [4.78, 5) is 30.0. The third-order valence-corrected chi connectivity index (χ3v) is 6.08. The van der Waals surface area contributed by atoms with Crippen molar-refractivity contribution in [2.24, 2.45) is 4.99 Å². The third kappa shape index (κ3) is 4.22. The molecule has 0 spiro atoms. The van der Waals surface area contributed by atoms with Crippen LogP contribution in [0.25, 0.3) is 16.8 Å². The second-order valence-corrected chi connectivity index (χ2v) is 8.19. The van der Waals surface area contributed by atoms with E-state index in [0.717, 1.165) is 33.7 Å². The summed E-state index contributed by atoms with van der Waals surface area (Å²) in [5, 5.41) is 13.1. The largest absolute Gasteiger partial charge is 0.506 e. The van der Waals surface area contributed by atoms with Gasteiger partial charge < -0.3 is 9.84 Å². The molecule has 0 saturated carbocycles. The summed E-state index contributed by atoms with van der Waals surface area (Å²) in [6.07, 6.45) is 1.79. The average Bonchev–Trinajstić information content (AvgIpc) is 3.09. The molecule has 5 nitrogen and oxygen atoms in total. The number of carbonyl (C=O) groups is 2. The summed E-state index contributed by atoms with van der Waals surface area (Å²) >= 11 is 1.08. The minimum Gasteiger partial charge on any atom is -0.506 e. The van der Waals surface area contributed by atoms with Gasteiger partial charge in [0, 0.05) is 5.56 Å². The lowest BCUT2D eigenvalue weighted by atomic mass is 10.0. The van der Waals surface area contributed by atoms with Crippen LogP contribution < -0.4 is 0 Å². The molecule has 0 unspecified atom stereocenters. The molecule has 32 heavy (non-hydrogen) atoms. The lowest BCUT2D eigenvalue weighted by molar-refractivity contribution is -0.138. The number of thioether (sulfide) groups is 1. The molecule has 0 atom stereocenters. The van der Waals surface area contributed by atoms with Crippen LogP contribution in [0.15, 0.2) is 88.0 Å². The van der Waals surface area contributed by atoms with Crippen LogP contribution in [-0.4, -0.2) is 28.6 Å². The Morgan fingerprint density at radius 2 is 1.75 bits per heavy atom. The Labute approximate surface area is 190 Å². The quantitative estimate of drug-likeness (QED) is 0.512. The molecular formula is C26H21NO4S. The van der Waals surface area contributed by atoms with Crippen LogP contribution in [0.4, 0.5) is 0 Å². The Bertz CT molecular complexity index is 1310. The van der Waals surface area contributed by atoms with Crippen LogP contribution in [0.3, 0.4) is 0 Å². The number of hydrogen-bond donors (Lipinski definition) is 1. The van der Waals surface area contributed by atoms with E-state index in [-0.39, 0.29) is 23.0 Å². The van der Waals surface area contributed by atoms with Gasteiger partial charge in [-0.05, 0) is 47.9 Å². The van der Waals surface area contributed by atoms with Gasteiger partial charge in [-0.15, -0.1) is 0 Å². The van der Waals surface area contributed by atoms with Crippen LogP contribution in [0.2, 0.25) is 0 Å². The zero-order chi connectivity index (χ0) is 22.7. The van der Waals surface area contributed by atoms with Crippen molar-refractivity contribution in [2.75, 3.05) is 6.61 Å². The minimum atomic E-state index is -0.713. The number of benzene rings is 3. The molecule has 0 saturated heterocycles. The van der Waals surface area contributed by atoms with E-state index in [4.69, 9.17) is 4.74 Å². The molecule has 1 aliphatic heterocycles. The maximum Gasteiger partial charge on any atom is 0.344 e. The Morgan fingerprint density at radius 3 is 2.53 bits per heavy atom. The molecular weight excluding hydrogens is 422 g/mol. The lowest BCUT2D eigenvalue weighted by Gasteiger charge is -2.04. The highest BCUT2D eigenvalue weighted by Crippen LogP contribution is 2.40. The fourth-order valence-electron chi connectivity index (χ4n) is 3.47. The molecule has 0 fully saturated rings. The van der Waals surface area contributed by atoms with E-state index < -0.39 is 11.9 Å². The number of carbonyl (C=O) groups excluding carboxylic acids is 2. The fraction of sp³-hybridized carbons (Fsp3) is 0.115. The topological polar surface area (TPSA) is 76.0 Å². The number of rotatable bonds is 4. The van der Waals surface area contributed by atoms with E-state index >= 15 is 0 Å². The van der Waals surface area contributed by atoms with E-state index in [9.17, 15) is 14.7 Å². The van der Waals surface area contributed by atoms with Crippen molar-refractivity contribution in [2.45, 2.75) is 13.8 Å². The highest BCUT2D eigenvalue weighted by atomic mass is 32.2. The van der Waals surface area contributed by atoms with Gasteiger partial charge in [0.2, 0.25) is 0 Å². The first kappa shape index (κ1) is 21.6. The number of hydrogen-bond acceptors (Lipinski definition) is 5. The summed E-state index contributed by atoms with van der Waals surface area (Å²) in [5.41, 5.74) is 2.01. The molecule has 0 aromatic heterocycles. The van der Waals surface area contributed by atoms with E-state index in [1.54, 1.807) is 25.1 Å². The summed E-state index contributed by atoms with van der Waals surface area (Å²) in [5.74, 6) is -1.43. The van der Waals surface area contributed by atoms with Gasteiger partial charge in [-0.2, -0.15) is 0 Å². The first-order chi connectivity index (χ1) is 15.5. The van der Waals surface area contributed by atoms with Crippen molar-refractivity contribution in [3.63, 3.8) is 0 Å². The molecule has 4 rings (SSSR count). The van der Waals surface area contributed by atoms with Gasteiger partial charge in [0.25, 0.3) is 5.91 Å². The SMILES string of the molecule is CCOC(=O)C1=C(O)C(=Cc2cccc3ccccc23)SC1=NC(=O)c1ccccc1C. The number of aliphatic imine (C=N–C) groups is 1. The molecule has 0 bridgehead atoms. The van der Waals surface area contributed by atoms with E-state index in [1.807, 2.05) is 61.5 Å². The predicted molar refractivity (Wildman–Crippen MR) is 129 cm³/mol. The van der Waals surface area contributed by atoms with Crippen LogP contribution in [0.1, 0.15) is 28.4 Å². The molecule has 3 aromatic rings. The molecule has 3 aromatic carbocycles. The molecule has 0 aliphatic carbocycles. The van der Waals surface area contributed by atoms with Gasteiger partial charge in [0.1, 0.15) is 16.4 Å². The smallest absolute Gasteiger partial charge is 0.344 e. The fourth-order valence-corrected chi connectivity index (χ4v) is 4.48. The normalized spacial score (nSPS) is 16.2. The van der Waals surface area contributed by atoms with Crippen molar-refractivity contribution < 1.29 is 19.4 Å². The van der Waals surface area contributed by atoms with Crippen molar-refractivity contribution in [1.29, 1.82) is 0 Å².